The quantitative estimate of drug-likeness (QED) is 0.736. The molecule has 0 spiro atoms. The highest BCUT2D eigenvalue weighted by atomic mass is 32.2. The van der Waals surface area contributed by atoms with Crippen molar-refractivity contribution in [3.8, 4) is 0 Å². The number of sulfone groups is 1. The van der Waals surface area contributed by atoms with Crippen molar-refractivity contribution in [2.75, 3.05) is 5.75 Å². The minimum Gasteiger partial charge on any atom is -0.392 e. The summed E-state index contributed by atoms with van der Waals surface area (Å²) in [5.74, 6) is -0.0717. The Morgan fingerprint density at radius 2 is 1.57 bits per heavy atom. The lowest BCUT2D eigenvalue weighted by Gasteiger charge is -2.22. The minimum atomic E-state index is -3.42. The van der Waals surface area contributed by atoms with E-state index in [1.54, 1.807) is 30.3 Å². The molecule has 2 aromatic rings. The lowest BCUT2D eigenvalue weighted by Crippen LogP contribution is -2.30. The molecule has 2 atom stereocenters. The Morgan fingerprint density at radius 3 is 2.13 bits per heavy atom. The molecule has 23 heavy (non-hydrogen) atoms. The number of aliphatic hydroxyl groups is 1. The van der Waals surface area contributed by atoms with Crippen LogP contribution in [0.3, 0.4) is 0 Å². The molecule has 0 bridgehead atoms. The van der Waals surface area contributed by atoms with Crippen LogP contribution in [0.2, 0.25) is 0 Å². The van der Waals surface area contributed by atoms with Gasteiger partial charge in [-0.05, 0) is 30.7 Å². The molecular formula is C18H22O3S2. The van der Waals surface area contributed by atoms with Crippen molar-refractivity contribution < 1.29 is 13.5 Å². The number of thioether (sulfide) groups is 1. The van der Waals surface area contributed by atoms with Gasteiger partial charge in [-0.15, -0.1) is 11.8 Å². The summed E-state index contributed by atoms with van der Waals surface area (Å²) in [6, 6.07) is 18.1. The summed E-state index contributed by atoms with van der Waals surface area (Å²) in [6.45, 7) is 1.99. The van der Waals surface area contributed by atoms with Crippen molar-refractivity contribution >= 4 is 21.6 Å². The molecule has 0 aliphatic rings. The number of hydrogen-bond donors (Lipinski definition) is 1. The summed E-state index contributed by atoms with van der Waals surface area (Å²) in [5, 5.41) is 10.0. The predicted octanol–water partition coefficient (Wildman–Crippen LogP) is 3.78. The number of hydrogen-bond acceptors (Lipinski definition) is 4. The fourth-order valence-electron chi connectivity index (χ4n) is 2.32. The monoisotopic (exact) mass is 350 g/mol. The third-order valence-electron chi connectivity index (χ3n) is 3.53. The maximum Gasteiger partial charge on any atom is 0.179 e. The van der Waals surface area contributed by atoms with Crippen LogP contribution in [0.4, 0.5) is 0 Å². The van der Waals surface area contributed by atoms with Crippen LogP contribution < -0.4 is 0 Å². The second kappa shape index (κ2) is 8.52. The van der Waals surface area contributed by atoms with Gasteiger partial charge in [-0.1, -0.05) is 49.7 Å². The zero-order valence-corrected chi connectivity index (χ0v) is 14.8. The fraction of sp³-hybridized carbons (Fsp3) is 0.333. The molecule has 0 aliphatic heterocycles. The summed E-state index contributed by atoms with van der Waals surface area (Å²) in [4.78, 5) is 1.28. The van der Waals surface area contributed by atoms with Crippen LogP contribution in [0, 0.1) is 0 Å². The normalized spacial score (nSPS) is 14.3. The van der Waals surface area contributed by atoms with Gasteiger partial charge < -0.3 is 5.11 Å². The fourth-order valence-corrected chi connectivity index (χ4v) is 5.51. The van der Waals surface area contributed by atoms with E-state index in [0.29, 0.717) is 11.3 Å². The Balaban J connectivity index is 2.20. The van der Waals surface area contributed by atoms with Crippen LogP contribution >= 0.6 is 11.8 Å². The van der Waals surface area contributed by atoms with E-state index in [2.05, 4.69) is 0 Å². The van der Waals surface area contributed by atoms with Crippen molar-refractivity contribution in [3.05, 3.63) is 60.7 Å². The van der Waals surface area contributed by atoms with E-state index in [4.69, 9.17) is 0 Å². The molecule has 0 heterocycles. The van der Waals surface area contributed by atoms with E-state index >= 15 is 0 Å². The maximum absolute atomic E-state index is 12.6. The number of rotatable bonds is 8. The lowest BCUT2D eigenvalue weighted by molar-refractivity contribution is 0.165. The molecular weight excluding hydrogens is 328 g/mol. The Bertz CT molecular complexity index is 685. The molecule has 3 nitrogen and oxygen atoms in total. The number of benzene rings is 2. The summed E-state index contributed by atoms with van der Waals surface area (Å²) in [6.07, 6.45) is 0.761. The largest absolute Gasteiger partial charge is 0.392 e. The zero-order valence-electron chi connectivity index (χ0n) is 13.1. The van der Waals surface area contributed by atoms with Gasteiger partial charge in [0.15, 0.2) is 9.84 Å². The van der Waals surface area contributed by atoms with Crippen molar-refractivity contribution in [1.29, 1.82) is 0 Å². The molecule has 0 radical (unpaired) electrons. The highest BCUT2D eigenvalue weighted by Crippen LogP contribution is 2.29. The van der Waals surface area contributed by atoms with E-state index in [0.717, 1.165) is 11.3 Å². The summed E-state index contributed by atoms with van der Waals surface area (Å²) in [7, 11) is -3.42. The summed E-state index contributed by atoms with van der Waals surface area (Å²) < 4.78 is 25.2. The Morgan fingerprint density at radius 1 is 1.00 bits per heavy atom. The van der Waals surface area contributed by atoms with Crippen LogP contribution in [0.15, 0.2) is 70.5 Å². The van der Waals surface area contributed by atoms with Crippen molar-refractivity contribution in [3.63, 3.8) is 0 Å². The Kier molecular flexibility index (Phi) is 6.69. The van der Waals surface area contributed by atoms with E-state index in [9.17, 15) is 13.5 Å². The molecule has 0 aliphatic carbocycles. The van der Waals surface area contributed by atoms with Crippen LogP contribution in [0.5, 0.6) is 0 Å². The lowest BCUT2D eigenvalue weighted by atomic mass is 10.1. The molecule has 0 amide bonds. The molecule has 0 unspecified atom stereocenters. The molecule has 2 aromatic carbocycles. The van der Waals surface area contributed by atoms with Gasteiger partial charge in [0.1, 0.15) is 0 Å². The van der Waals surface area contributed by atoms with Gasteiger partial charge in [0.25, 0.3) is 0 Å². The van der Waals surface area contributed by atoms with Crippen LogP contribution in [0.1, 0.15) is 19.8 Å². The molecule has 1 N–H and O–H groups in total. The van der Waals surface area contributed by atoms with E-state index in [1.165, 1.54) is 11.8 Å². The third-order valence-corrected chi connectivity index (χ3v) is 6.86. The Labute approximate surface area is 142 Å². The van der Waals surface area contributed by atoms with E-state index < -0.39 is 15.9 Å². The average molecular weight is 351 g/mol. The molecule has 2 rings (SSSR count). The smallest absolute Gasteiger partial charge is 0.179 e. The molecule has 0 saturated heterocycles. The van der Waals surface area contributed by atoms with Crippen molar-refractivity contribution in [2.24, 2.45) is 0 Å². The molecule has 5 heteroatoms. The van der Waals surface area contributed by atoms with Crippen LogP contribution in [-0.2, 0) is 9.84 Å². The standard InChI is InChI=1S/C18H22O3S2/c1-2-9-17(19)18(22-15-10-5-3-6-11-15)14-23(20,21)16-12-7-4-8-13-16/h3-8,10-13,17-19H,2,9,14H2,1H3/t17-,18+/m0/s1. The second-order valence-corrected chi connectivity index (χ2v) is 8.77. The van der Waals surface area contributed by atoms with Crippen LogP contribution in [0.25, 0.3) is 0 Å². The first-order valence-corrected chi connectivity index (χ1v) is 10.2. The first-order chi connectivity index (χ1) is 11.0. The zero-order chi connectivity index (χ0) is 16.7. The highest BCUT2D eigenvalue weighted by molar-refractivity contribution is 8.01. The topological polar surface area (TPSA) is 54.4 Å². The van der Waals surface area contributed by atoms with E-state index in [-0.39, 0.29) is 11.0 Å². The second-order valence-electron chi connectivity index (χ2n) is 5.42. The van der Waals surface area contributed by atoms with Crippen molar-refractivity contribution in [2.45, 2.75) is 40.9 Å². The first-order valence-electron chi connectivity index (χ1n) is 7.70. The molecule has 124 valence electrons. The molecule has 0 aromatic heterocycles. The maximum atomic E-state index is 12.6. The van der Waals surface area contributed by atoms with Gasteiger partial charge in [0, 0.05) is 10.1 Å². The minimum absolute atomic E-state index is 0.0717. The van der Waals surface area contributed by atoms with Crippen molar-refractivity contribution in [1.82, 2.24) is 0 Å². The van der Waals surface area contributed by atoms with Gasteiger partial charge in [0.2, 0.25) is 0 Å². The van der Waals surface area contributed by atoms with E-state index in [1.807, 2.05) is 37.3 Å². The Hall–Kier alpha value is -1.30. The summed E-state index contributed by atoms with van der Waals surface area (Å²) in [5.41, 5.74) is 0. The van der Waals surface area contributed by atoms with Gasteiger partial charge in [-0.3, -0.25) is 0 Å². The van der Waals surface area contributed by atoms with Crippen LogP contribution in [-0.4, -0.2) is 30.6 Å². The number of aliphatic hydroxyl groups excluding tert-OH is 1. The average Bonchev–Trinajstić information content (AvgIpc) is 2.56. The third kappa shape index (κ3) is 5.37. The molecule has 0 saturated carbocycles. The summed E-state index contributed by atoms with van der Waals surface area (Å²) >= 11 is 1.43. The van der Waals surface area contributed by atoms with Gasteiger partial charge >= 0.3 is 0 Å². The first kappa shape index (κ1) is 18.0. The molecule has 0 fully saturated rings. The van der Waals surface area contributed by atoms with Gasteiger partial charge in [-0.2, -0.15) is 0 Å². The SMILES string of the molecule is CCC[C@H](O)[C@@H](CS(=O)(=O)c1ccccc1)Sc1ccccc1. The van der Waals surface area contributed by atoms with Gasteiger partial charge in [0.05, 0.1) is 16.8 Å². The highest BCUT2D eigenvalue weighted by Gasteiger charge is 2.27. The predicted molar refractivity (Wildman–Crippen MR) is 95.5 cm³/mol. The van der Waals surface area contributed by atoms with Gasteiger partial charge in [-0.25, -0.2) is 8.42 Å².